The van der Waals surface area contributed by atoms with Crippen LogP contribution in [0.3, 0.4) is 0 Å². The SMILES string of the molecule is CC(C)(C)c1ccc(OCC(=O)Nc2cccc3ccccc23)c(C(C)(C)C)c1. The molecular weight excluding hydrogens is 358 g/mol. The first-order valence-corrected chi connectivity index (χ1v) is 10.1. The predicted molar refractivity (Wildman–Crippen MR) is 122 cm³/mol. The highest BCUT2D eigenvalue weighted by Crippen LogP contribution is 2.35. The lowest BCUT2D eigenvalue weighted by Gasteiger charge is -2.27. The van der Waals surface area contributed by atoms with Gasteiger partial charge >= 0.3 is 0 Å². The van der Waals surface area contributed by atoms with Crippen molar-refractivity contribution in [3.8, 4) is 5.75 Å². The third-order valence-electron chi connectivity index (χ3n) is 5.08. The van der Waals surface area contributed by atoms with Crippen LogP contribution in [0.2, 0.25) is 0 Å². The van der Waals surface area contributed by atoms with Gasteiger partial charge in [0.2, 0.25) is 0 Å². The fourth-order valence-electron chi connectivity index (χ4n) is 3.37. The van der Waals surface area contributed by atoms with Crippen molar-refractivity contribution in [3.63, 3.8) is 0 Å². The summed E-state index contributed by atoms with van der Waals surface area (Å²) in [5.74, 6) is 0.597. The highest BCUT2D eigenvalue weighted by Gasteiger charge is 2.23. The van der Waals surface area contributed by atoms with Crippen LogP contribution in [0, 0.1) is 0 Å². The van der Waals surface area contributed by atoms with Gasteiger partial charge in [-0.25, -0.2) is 0 Å². The van der Waals surface area contributed by atoms with E-state index in [4.69, 9.17) is 4.74 Å². The molecule has 3 nitrogen and oxygen atoms in total. The average molecular weight is 390 g/mol. The molecule has 0 atom stereocenters. The maximum atomic E-state index is 12.6. The van der Waals surface area contributed by atoms with Crippen molar-refractivity contribution < 1.29 is 9.53 Å². The Morgan fingerprint density at radius 3 is 2.24 bits per heavy atom. The van der Waals surface area contributed by atoms with Gasteiger partial charge in [0.05, 0.1) is 0 Å². The van der Waals surface area contributed by atoms with Crippen LogP contribution in [0.1, 0.15) is 52.7 Å². The van der Waals surface area contributed by atoms with Crippen molar-refractivity contribution in [3.05, 3.63) is 71.8 Å². The maximum Gasteiger partial charge on any atom is 0.262 e. The molecule has 0 aliphatic heterocycles. The van der Waals surface area contributed by atoms with E-state index < -0.39 is 0 Å². The van der Waals surface area contributed by atoms with Crippen molar-refractivity contribution in [1.82, 2.24) is 0 Å². The summed E-state index contributed by atoms with van der Waals surface area (Å²) in [7, 11) is 0. The van der Waals surface area contributed by atoms with Crippen LogP contribution in [0.5, 0.6) is 5.75 Å². The van der Waals surface area contributed by atoms with E-state index in [-0.39, 0.29) is 23.3 Å². The molecule has 0 radical (unpaired) electrons. The minimum Gasteiger partial charge on any atom is -0.483 e. The quantitative estimate of drug-likeness (QED) is 0.557. The minimum absolute atomic E-state index is 0.0266. The Balaban J connectivity index is 1.77. The standard InChI is InChI=1S/C26H31NO2/c1-25(2,3)19-14-15-23(21(16-19)26(4,5)6)29-17-24(28)27-22-13-9-11-18-10-7-8-12-20(18)22/h7-16H,17H2,1-6H3,(H,27,28). The van der Waals surface area contributed by atoms with E-state index in [1.54, 1.807) is 0 Å². The second-order valence-corrected chi connectivity index (χ2v) is 9.57. The van der Waals surface area contributed by atoms with Gasteiger partial charge in [0, 0.05) is 11.1 Å². The van der Waals surface area contributed by atoms with Gasteiger partial charge in [0.15, 0.2) is 6.61 Å². The Hall–Kier alpha value is -2.81. The summed E-state index contributed by atoms with van der Waals surface area (Å²) in [6.07, 6.45) is 0. The normalized spacial score (nSPS) is 12.1. The van der Waals surface area contributed by atoms with Gasteiger partial charge in [-0.15, -0.1) is 0 Å². The van der Waals surface area contributed by atoms with E-state index in [1.165, 1.54) is 5.56 Å². The molecule has 0 aliphatic carbocycles. The molecule has 0 heterocycles. The second-order valence-electron chi connectivity index (χ2n) is 9.57. The van der Waals surface area contributed by atoms with Crippen LogP contribution >= 0.6 is 0 Å². The smallest absolute Gasteiger partial charge is 0.262 e. The van der Waals surface area contributed by atoms with Crippen LogP contribution in [0.25, 0.3) is 10.8 Å². The monoisotopic (exact) mass is 389 g/mol. The number of hydrogen-bond acceptors (Lipinski definition) is 2. The lowest BCUT2D eigenvalue weighted by atomic mass is 9.80. The van der Waals surface area contributed by atoms with Crippen molar-refractivity contribution in [2.45, 2.75) is 52.4 Å². The van der Waals surface area contributed by atoms with Crippen molar-refractivity contribution in [2.24, 2.45) is 0 Å². The number of amides is 1. The fourth-order valence-corrected chi connectivity index (χ4v) is 3.37. The molecule has 3 aromatic carbocycles. The molecule has 152 valence electrons. The number of fused-ring (bicyclic) bond motifs is 1. The molecule has 0 spiro atoms. The zero-order valence-electron chi connectivity index (χ0n) is 18.3. The number of benzene rings is 3. The Morgan fingerprint density at radius 2 is 1.55 bits per heavy atom. The summed E-state index contributed by atoms with van der Waals surface area (Å²) < 4.78 is 5.97. The topological polar surface area (TPSA) is 38.3 Å². The van der Waals surface area contributed by atoms with Crippen LogP contribution in [0.15, 0.2) is 60.7 Å². The molecule has 0 saturated heterocycles. The summed E-state index contributed by atoms with van der Waals surface area (Å²) >= 11 is 0. The van der Waals surface area contributed by atoms with Crippen molar-refractivity contribution in [1.29, 1.82) is 0 Å². The van der Waals surface area contributed by atoms with E-state index in [2.05, 4.69) is 59.0 Å². The van der Waals surface area contributed by atoms with Crippen molar-refractivity contribution >= 4 is 22.4 Å². The Bertz CT molecular complexity index is 1020. The number of nitrogens with one attached hydrogen (secondary N) is 1. The molecule has 0 aliphatic rings. The van der Waals surface area contributed by atoms with Gasteiger partial charge in [-0.05, 0) is 39.5 Å². The van der Waals surface area contributed by atoms with Crippen LogP contribution in [-0.2, 0) is 15.6 Å². The molecule has 3 aromatic rings. The van der Waals surface area contributed by atoms with Gasteiger partial charge in [0.1, 0.15) is 5.75 Å². The maximum absolute atomic E-state index is 12.6. The molecule has 29 heavy (non-hydrogen) atoms. The summed E-state index contributed by atoms with van der Waals surface area (Å²) in [4.78, 5) is 12.6. The molecule has 0 fully saturated rings. The average Bonchev–Trinajstić information content (AvgIpc) is 2.65. The molecule has 0 saturated carbocycles. The minimum atomic E-state index is -0.166. The van der Waals surface area contributed by atoms with Crippen molar-refractivity contribution in [2.75, 3.05) is 11.9 Å². The van der Waals surface area contributed by atoms with Gasteiger partial charge in [-0.3, -0.25) is 4.79 Å². The van der Waals surface area contributed by atoms with Crippen LogP contribution in [0.4, 0.5) is 5.69 Å². The van der Waals surface area contributed by atoms with Gasteiger partial charge in [0.25, 0.3) is 5.91 Å². The van der Waals surface area contributed by atoms with Gasteiger partial charge in [-0.1, -0.05) is 90.1 Å². The number of carbonyl (C=O) groups is 1. The molecule has 1 amide bonds. The van der Waals surface area contributed by atoms with Crippen LogP contribution in [-0.4, -0.2) is 12.5 Å². The molecule has 3 rings (SSSR count). The van der Waals surface area contributed by atoms with E-state index in [1.807, 2.05) is 48.5 Å². The number of carbonyl (C=O) groups excluding carboxylic acids is 1. The summed E-state index contributed by atoms with van der Waals surface area (Å²) in [5, 5.41) is 5.10. The Kier molecular flexibility index (Phi) is 5.70. The number of anilines is 1. The number of ether oxygens (including phenoxy) is 1. The fraction of sp³-hybridized carbons (Fsp3) is 0.346. The summed E-state index contributed by atoms with van der Waals surface area (Å²) in [5.41, 5.74) is 3.15. The summed E-state index contributed by atoms with van der Waals surface area (Å²) in [6.45, 7) is 13.1. The third-order valence-corrected chi connectivity index (χ3v) is 5.08. The molecule has 0 unspecified atom stereocenters. The first-order chi connectivity index (χ1) is 13.6. The number of rotatable bonds is 4. The largest absolute Gasteiger partial charge is 0.483 e. The van der Waals surface area contributed by atoms with E-state index in [0.717, 1.165) is 27.8 Å². The highest BCUT2D eigenvalue weighted by atomic mass is 16.5. The van der Waals surface area contributed by atoms with E-state index in [0.29, 0.717) is 0 Å². The molecule has 1 N–H and O–H groups in total. The predicted octanol–water partition coefficient (Wildman–Crippen LogP) is 6.45. The zero-order chi connectivity index (χ0) is 21.2. The highest BCUT2D eigenvalue weighted by molar-refractivity contribution is 6.02. The van der Waals surface area contributed by atoms with Gasteiger partial charge in [-0.2, -0.15) is 0 Å². The van der Waals surface area contributed by atoms with E-state index in [9.17, 15) is 4.79 Å². The first kappa shape index (κ1) is 20.9. The van der Waals surface area contributed by atoms with Crippen LogP contribution < -0.4 is 10.1 Å². The van der Waals surface area contributed by atoms with E-state index >= 15 is 0 Å². The third kappa shape index (κ3) is 4.97. The first-order valence-electron chi connectivity index (χ1n) is 10.1. The molecular formula is C26H31NO2. The second kappa shape index (κ2) is 7.90. The lowest BCUT2D eigenvalue weighted by Crippen LogP contribution is -2.22. The summed E-state index contributed by atoms with van der Waals surface area (Å²) in [6, 6.07) is 20.2. The molecule has 0 aromatic heterocycles. The molecule has 0 bridgehead atoms. The lowest BCUT2D eigenvalue weighted by molar-refractivity contribution is -0.118. The van der Waals surface area contributed by atoms with Gasteiger partial charge < -0.3 is 10.1 Å². The zero-order valence-corrected chi connectivity index (χ0v) is 18.3. The Labute approximate surface area is 174 Å². The molecule has 3 heteroatoms. The Morgan fingerprint density at radius 1 is 0.862 bits per heavy atom. The number of hydrogen-bond donors (Lipinski definition) is 1.